The number of hydrogen-bond acceptors (Lipinski definition) is 6. The van der Waals surface area contributed by atoms with Gasteiger partial charge in [0.15, 0.2) is 9.84 Å². The number of benzene rings is 1. The van der Waals surface area contributed by atoms with Crippen LogP contribution in [0.4, 0.5) is 0 Å². The lowest BCUT2D eigenvalue weighted by Gasteiger charge is -2.20. The minimum absolute atomic E-state index is 0.0230. The van der Waals surface area contributed by atoms with E-state index in [1.165, 1.54) is 31.4 Å². The van der Waals surface area contributed by atoms with Gasteiger partial charge in [-0.25, -0.2) is 13.2 Å². The van der Waals surface area contributed by atoms with Gasteiger partial charge in [0.05, 0.1) is 30.3 Å². The number of esters is 1. The van der Waals surface area contributed by atoms with Gasteiger partial charge in [-0.05, 0) is 45.0 Å². The van der Waals surface area contributed by atoms with E-state index in [-0.39, 0.29) is 23.7 Å². The standard InChI is InChI=1S/C17H23ClO6S/c1-17(2,3)24-16(19)13(11-23-10-9-22-4)12-25(20,21)15-7-5-14(18)6-8-15/h5-8,12H,9-11H2,1-4H3/b13-12-. The fraction of sp³-hybridized carbons (Fsp3) is 0.471. The van der Waals surface area contributed by atoms with Crippen molar-refractivity contribution in [3.8, 4) is 0 Å². The molecule has 0 spiro atoms. The molecule has 0 bridgehead atoms. The molecule has 0 aliphatic carbocycles. The first kappa shape index (κ1) is 21.6. The maximum Gasteiger partial charge on any atom is 0.337 e. The highest BCUT2D eigenvalue weighted by atomic mass is 35.5. The lowest BCUT2D eigenvalue weighted by molar-refractivity contribution is -0.150. The normalized spacial score (nSPS) is 12.9. The third-order valence-corrected chi connectivity index (χ3v) is 4.57. The van der Waals surface area contributed by atoms with E-state index in [1.54, 1.807) is 20.8 Å². The summed E-state index contributed by atoms with van der Waals surface area (Å²) in [5, 5.41) is 1.29. The van der Waals surface area contributed by atoms with Gasteiger partial charge in [-0.1, -0.05) is 11.6 Å². The minimum Gasteiger partial charge on any atom is -0.457 e. The molecule has 0 aromatic heterocycles. The Bertz CT molecular complexity index is 702. The van der Waals surface area contributed by atoms with Gasteiger partial charge in [0.25, 0.3) is 0 Å². The summed E-state index contributed by atoms with van der Waals surface area (Å²) in [7, 11) is -2.34. The topological polar surface area (TPSA) is 78.9 Å². The van der Waals surface area contributed by atoms with Crippen LogP contribution in [0.1, 0.15) is 20.8 Å². The van der Waals surface area contributed by atoms with E-state index < -0.39 is 21.4 Å². The molecule has 140 valence electrons. The Morgan fingerprint density at radius 2 is 1.76 bits per heavy atom. The molecule has 0 amide bonds. The molecule has 1 aromatic rings. The van der Waals surface area contributed by atoms with E-state index in [0.717, 1.165) is 5.41 Å². The highest BCUT2D eigenvalue weighted by Gasteiger charge is 2.23. The zero-order chi connectivity index (χ0) is 19.1. The second-order valence-electron chi connectivity index (χ2n) is 6.19. The average Bonchev–Trinajstić information content (AvgIpc) is 2.49. The fourth-order valence-electron chi connectivity index (χ4n) is 1.69. The van der Waals surface area contributed by atoms with E-state index in [9.17, 15) is 13.2 Å². The number of ether oxygens (including phenoxy) is 3. The molecular weight excluding hydrogens is 368 g/mol. The number of rotatable bonds is 8. The summed E-state index contributed by atoms with van der Waals surface area (Å²) in [4.78, 5) is 12.3. The zero-order valence-electron chi connectivity index (χ0n) is 14.7. The minimum atomic E-state index is -3.85. The van der Waals surface area contributed by atoms with Gasteiger partial charge in [0, 0.05) is 17.5 Å². The maximum absolute atomic E-state index is 12.5. The van der Waals surface area contributed by atoms with Crippen molar-refractivity contribution < 1.29 is 27.4 Å². The Morgan fingerprint density at radius 1 is 1.16 bits per heavy atom. The SMILES string of the molecule is COCCOC/C(=C/S(=O)(=O)c1ccc(Cl)cc1)C(=O)OC(C)(C)C. The van der Waals surface area contributed by atoms with E-state index in [1.807, 2.05) is 0 Å². The van der Waals surface area contributed by atoms with Crippen LogP contribution in [0.25, 0.3) is 0 Å². The Balaban J connectivity index is 3.08. The molecule has 0 unspecified atom stereocenters. The largest absolute Gasteiger partial charge is 0.457 e. The molecule has 0 saturated carbocycles. The molecule has 8 heteroatoms. The predicted molar refractivity (Wildman–Crippen MR) is 95.3 cm³/mol. The molecule has 0 atom stereocenters. The summed E-state index contributed by atoms with van der Waals surface area (Å²) < 4.78 is 40.4. The molecule has 0 heterocycles. The van der Waals surface area contributed by atoms with Crippen molar-refractivity contribution in [1.82, 2.24) is 0 Å². The molecule has 6 nitrogen and oxygen atoms in total. The van der Waals surface area contributed by atoms with Crippen molar-refractivity contribution in [2.75, 3.05) is 26.9 Å². The third-order valence-electron chi connectivity index (χ3n) is 2.79. The lowest BCUT2D eigenvalue weighted by Crippen LogP contribution is -2.26. The molecule has 0 radical (unpaired) electrons. The zero-order valence-corrected chi connectivity index (χ0v) is 16.3. The van der Waals surface area contributed by atoms with Crippen LogP contribution in [0.2, 0.25) is 5.02 Å². The summed E-state index contributed by atoms with van der Waals surface area (Å²) >= 11 is 5.77. The van der Waals surface area contributed by atoms with Crippen LogP contribution in [0, 0.1) is 0 Å². The Kier molecular flexibility index (Phi) is 8.08. The van der Waals surface area contributed by atoms with Crippen LogP contribution in [-0.2, 0) is 28.8 Å². The van der Waals surface area contributed by atoms with Gasteiger partial charge < -0.3 is 14.2 Å². The first-order chi connectivity index (χ1) is 11.5. The van der Waals surface area contributed by atoms with Crippen LogP contribution in [0.5, 0.6) is 0 Å². The fourth-order valence-corrected chi connectivity index (χ4v) is 3.01. The number of sulfone groups is 1. The number of carbonyl (C=O) groups excluding carboxylic acids is 1. The molecule has 25 heavy (non-hydrogen) atoms. The average molecular weight is 391 g/mol. The van der Waals surface area contributed by atoms with E-state index in [4.69, 9.17) is 25.8 Å². The third kappa shape index (κ3) is 8.00. The summed E-state index contributed by atoms with van der Waals surface area (Å²) in [6.45, 7) is 5.43. The highest BCUT2D eigenvalue weighted by Crippen LogP contribution is 2.19. The molecule has 1 rings (SSSR count). The number of carbonyl (C=O) groups is 1. The van der Waals surface area contributed by atoms with Crippen molar-refractivity contribution in [1.29, 1.82) is 0 Å². The van der Waals surface area contributed by atoms with Crippen molar-refractivity contribution in [2.45, 2.75) is 31.3 Å². The van der Waals surface area contributed by atoms with Gasteiger partial charge in [0.2, 0.25) is 0 Å². The van der Waals surface area contributed by atoms with Gasteiger partial charge >= 0.3 is 5.97 Å². The van der Waals surface area contributed by atoms with Crippen molar-refractivity contribution in [3.05, 3.63) is 40.3 Å². The Hall–Kier alpha value is -1.41. The second kappa shape index (κ2) is 9.33. The van der Waals surface area contributed by atoms with Crippen LogP contribution < -0.4 is 0 Å². The van der Waals surface area contributed by atoms with Crippen molar-refractivity contribution in [2.24, 2.45) is 0 Å². The van der Waals surface area contributed by atoms with Gasteiger partial charge in [-0.15, -0.1) is 0 Å². The molecule has 0 fully saturated rings. The molecule has 1 aromatic carbocycles. The number of methoxy groups -OCH3 is 1. The van der Waals surface area contributed by atoms with Crippen LogP contribution in [0.15, 0.2) is 40.1 Å². The van der Waals surface area contributed by atoms with E-state index in [2.05, 4.69) is 0 Å². The van der Waals surface area contributed by atoms with E-state index in [0.29, 0.717) is 11.6 Å². The quantitative estimate of drug-likeness (QED) is 0.385. The number of halogens is 1. The maximum atomic E-state index is 12.5. The Labute approximate surface area is 153 Å². The first-order valence-electron chi connectivity index (χ1n) is 7.56. The predicted octanol–water partition coefficient (Wildman–Crippen LogP) is 3.00. The van der Waals surface area contributed by atoms with Gasteiger partial charge in [-0.3, -0.25) is 0 Å². The molecule has 0 N–H and O–H groups in total. The van der Waals surface area contributed by atoms with Gasteiger partial charge in [0.1, 0.15) is 5.60 Å². The molecule has 0 aliphatic heterocycles. The summed E-state index contributed by atoms with van der Waals surface area (Å²) in [6, 6.07) is 5.66. The molecule has 0 saturated heterocycles. The Morgan fingerprint density at radius 3 is 2.28 bits per heavy atom. The van der Waals surface area contributed by atoms with E-state index >= 15 is 0 Å². The summed E-state index contributed by atoms with van der Waals surface area (Å²) in [5.41, 5.74) is -0.854. The lowest BCUT2D eigenvalue weighted by atomic mass is 10.2. The second-order valence-corrected chi connectivity index (χ2v) is 8.42. The van der Waals surface area contributed by atoms with Crippen molar-refractivity contribution in [3.63, 3.8) is 0 Å². The number of hydrogen-bond donors (Lipinski definition) is 0. The smallest absolute Gasteiger partial charge is 0.337 e. The van der Waals surface area contributed by atoms with Crippen LogP contribution in [-0.4, -0.2) is 46.9 Å². The van der Waals surface area contributed by atoms with Gasteiger partial charge in [-0.2, -0.15) is 0 Å². The first-order valence-corrected chi connectivity index (χ1v) is 9.49. The molecular formula is C17H23ClO6S. The van der Waals surface area contributed by atoms with Crippen LogP contribution >= 0.6 is 11.6 Å². The highest BCUT2D eigenvalue weighted by molar-refractivity contribution is 7.94. The summed E-state index contributed by atoms with van der Waals surface area (Å²) in [6.07, 6.45) is 0. The van der Waals surface area contributed by atoms with Crippen molar-refractivity contribution >= 4 is 27.4 Å². The molecule has 0 aliphatic rings. The van der Waals surface area contributed by atoms with Crippen LogP contribution in [0.3, 0.4) is 0 Å². The summed E-state index contributed by atoms with van der Waals surface area (Å²) in [5.74, 6) is -0.748. The monoisotopic (exact) mass is 390 g/mol.